The number of hydrogen-bond acceptors (Lipinski definition) is 10. The molecule has 6 fully saturated rings. The van der Waals surface area contributed by atoms with Crippen LogP contribution in [-0.2, 0) is 33.3 Å². The van der Waals surface area contributed by atoms with E-state index in [1.807, 2.05) is 0 Å². The van der Waals surface area contributed by atoms with Gasteiger partial charge in [0.05, 0.1) is 33.4 Å². The largest absolute Gasteiger partial charge is 0.388 e. The number of aliphatic hydroxyl groups is 2. The maximum atomic E-state index is 14.0. The lowest BCUT2D eigenvalue weighted by molar-refractivity contribution is -0.138. The number of hydrogen-bond donors (Lipinski definition) is 5. The number of likely N-dealkylation sites (tertiary alicyclic amines) is 1. The molecule has 6 aromatic rings. The van der Waals surface area contributed by atoms with Crippen LogP contribution in [0.2, 0.25) is 0 Å². The van der Waals surface area contributed by atoms with Crippen LogP contribution in [0.4, 0.5) is 0 Å². The highest BCUT2D eigenvalue weighted by Gasteiger charge is 2.49. The van der Waals surface area contributed by atoms with E-state index in [9.17, 15) is 19.8 Å². The fourth-order valence-corrected chi connectivity index (χ4v) is 18.3. The number of nitrogens with zero attached hydrogens (tertiary/aromatic N) is 5. The van der Waals surface area contributed by atoms with Crippen molar-refractivity contribution in [2.24, 2.45) is 0 Å². The number of carbonyl (C=O) groups excluding carboxylic acids is 2. The average Bonchev–Trinajstić information content (AvgIpc) is 1.66. The molecule has 12 nitrogen and oxygen atoms in total. The molecule has 6 aliphatic rings. The van der Waals surface area contributed by atoms with Gasteiger partial charge in [-0.2, -0.15) is 0 Å². The zero-order valence-electron chi connectivity index (χ0n) is 55.0. The number of fused-ring (bicyclic) bond motifs is 6. The van der Waals surface area contributed by atoms with E-state index in [1.54, 1.807) is 22.7 Å². The van der Waals surface area contributed by atoms with Crippen LogP contribution in [0.1, 0.15) is 176 Å². The summed E-state index contributed by atoms with van der Waals surface area (Å²) < 4.78 is 0. The van der Waals surface area contributed by atoms with E-state index >= 15 is 0 Å². The Hall–Kier alpha value is -4.09. The highest BCUT2D eigenvalue weighted by Crippen LogP contribution is 2.47. The molecule has 4 aromatic heterocycles. The number of carbonyl (C=O) groups is 2. The van der Waals surface area contributed by atoms with E-state index < -0.39 is 22.0 Å². The molecule has 2 aromatic carbocycles. The molecule has 4 bridgehead atoms. The molecule has 476 valence electrons. The standard InChI is InChI=1S/C36H52N4O2S.C26H31ClN2OS.C10H22N2O/c1-7-38(8-2)23-36(42)14-17-39(18-15-36)16-13-29-30-22-31(35(5,6)34(41)40-27-9-10-28(40)12-11-27)43-33(30)37-32(29)26-20-24(3)19-25(4)21-26;1-15-11-16(2)13-17(12-15)23-20(9-10-27)21-14-22(31-24(21)28-23)26(3,4)25(30)29-18-5-6-19(29)8-7-18;1-3-12(4-2)9-10(13)5-7-11-8-6-10/h19-22,27-28,37,42H,7-18,23H2,1-6H3;11-14,18-19,28H,5-10H2,1-4H3;11,13H,3-9H2,1-2H3. The van der Waals surface area contributed by atoms with Crippen LogP contribution < -0.4 is 5.32 Å². The number of benzene rings is 2. The number of aryl methyl sites for hydroxylation is 5. The number of rotatable bonds is 19. The van der Waals surface area contributed by atoms with Crippen LogP contribution in [0.3, 0.4) is 0 Å². The molecule has 0 saturated carbocycles. The molecule has 5 N–H and O–H groups in total. The molecule has 15 heteroatoms. The Morgan fingerprint density at radius 3 is 1.28 bits per heavy atom. The van der Waals surface area contributed by atoms with Gasteiger partial charge in [-0.05, 0) is 243 Å². The number of nitrogens with one attached hydrogen (secondary N) is 3. The lowest BCUT2D eigenvalue weighted by Crippen LogP contribution is -2.51. The monoisotopic (exact) mass is 1240 g/mol. The van der Waals surface area contributed by atoms with Crippen molar-refractivity contribution in [3.63, 3.8) is 0 Å². The van der Waals surface area contributed by atoms with Crippen molar-refractivity contribution in [2.75, 3.05) is 77.9 Å². The summed E-state index contributed by atoms with van der Waals surface area (Å²) in [5.74, 6) is 1.19. The Morgan fingerprint density at radius 2 is 0.920 bits per heavy atom. The number of alkyl halides is 1. The molecule has 0 radical (unpaired) electrons. The van der Waals surface area contributed by atoms with Gasteiger partial charge >= 0.3 is 0 Å². The van der Waals surface area contributed by atoms with Crippen molar-refractivity contribution >= 4 is 66.5 Å². The van der Waals surface area contributed by atoms with Crippen LogP contribution in [0.25, 0.3) is 42.9 Å². The number of thiophene rings is 2. The predicted octanol–water partition coefficient (Wildman–Crippen LogP) is 13.8. The van der Waals surface area contributed by atoms with Crippen molar-refractivity contribution in [1.29, 1.82) is 0 Å². The first kappa shape index (κ1) is 65.8. The quantitative estimate of drug-likeness (QED) is 0.0506. The van der Waals surface area contributed by atoms with E-state index in [-0.39, 0.29) is 0 Å². The molecular formula is C72H105ClN8O4S2. The molecule has 0 atom stereocenters. The van der Waals surface area contributed by atoms with Crippen LogP contribution in [-0.4, -0.2) is 170 Å². The van der Waals surface area contributed by atoms with Crippen molar-refractivity contribution in [3.05, 3.63) is 91.7 Å². The Bertz CT molecular complexity index is 3250. The molecule has 2 amide bonds. The van der Waals surface area contributed by atoms with E-state index in [4.69, 9.17) is 11.6 Å². The number of likely N-dealkylation sites (N-methyl/N-ethyl adjacent to an activating group) is 2. The van der Waals surface area contributed by atoms with Gasteiger partial charge in [-0.1, -0.05) is 62.1 Å². The van der Waals surface area contributed by atoms with Crippen molar-refractivity contribution in [1.82, 2.24) is 39.8 Å². The smallest absolute Gasteiger partial charge is 0.233 e. The fourth-order valence-electron chi connectivity index (χ4n) is 15.8. The van der Waals surface area contributed by atoms with Gasteiger partial charge in [-0.3, -0.25) is 9.59 Å². The predicted molar refractivity (Wildman–Crippen MR) is 365 cm³/mol. The average molecular weight is 1250 g/mol. The van der Waals surface area contributed by atoms with E-state index in [0.717, 1.165) is 125 Å². The number of aromatic nitrogens is 2. The number of halogens is 1. The molecule has 0 unspecified atom stereocenters. The summed E-state index contributed by atoms with van der Waals surface area (Å²) in [6, 6.07) is 19.9. The molecular weight excluding hydrogens is 1140 g/mol. The van der Waals surface area contributed by atoms with Gasteiger partial charge in [0.1, 0.15) is 9.66 Å². The first-order valence-corrected chi connectivity index (χ1v) is 35.7. The van der Waals surface area contributed by atoms with E-state index in [1.165, 1.54) is 123 Å². The van der Waals surface area contributed by atoms with Gasteiger partial charge in [0.15, 0.2) is 0 Å². The van der Waals surface area contributed by atoms with Gasteiger partial charge in [0.2, 0.25) is 11.8 Å². The zero-order chi connectivity index (χ0) is 62.2. The summed E-state index contributed by atoms with van der Waals surface area (Å²) >= 11 is 9.72. The minimum Gasteiger partial charge on any atom is -0.388 e. The highest BCUT2D eigenvalue weighted by molar-refractivity contribution is 7.19. The molecule has 6 saturated heterocycles. The van der Waals surface area contributed by atoms with Crippen LogP contribution in [0.15, 0.2) is 48.5 Å². The summed E-state index contributed by atoms with van der Waals surface area (Å²) in [4.78, 5) is 51.3. The van der Waals surface area contributed by atoms with Crippen molar-refractivity contribution < 1.29 is 19.8 Å². The fraction of sp³-hybridized carbons (Fsp3) is 0.639. The van der Waals surface area contributed by atoms with Gasteiger partial charge in [-0.15, -0.1) is 34.3 Å². The summed E-state index contributed by atoms with van der Waals surface area (Å²) in [5, 5.41) is 27.3. The lowest BCUT2D eigenvalue weighted by atomic mass is 9.88. The van der Waals surface area contributed by atoms with Gasteiger partial charge in [-0.25, -0.2) is 0 Å². The SMILES string of the molecule is CCN(CC)CC1(O)CCN(CCc2c(-c3cc(C)cc(C)c3)[nH]c3sc(C(C)(C)C(=O)N4C5CCC4CC5)cc23)CC1.CCN(CC)CC1(O)CCNCC1.Cc1cc(C)cc(-c2[nH]c3sc(C(C)(C)C(=O)N4C5CCC4CC5)cc3c2CCCl)c1. The van der Waals surface area contributed by atoms with Gasteiger partial charge < -0.3 is 50.0 Å². The Kier molecular flexibility index (Phi) is 20.7. The third kappa shape index (κ3) is 14.2. The van der Waals surface area contributed by atoms with Crippen LogP contribution >= 0.6 is 34.3 Å². The third-order valence-corrected chi connectivity index (χ3v) is 24.0. The Balaban J connectivity index is 0.000000165. The summed E-state index contributed by atoms with van der Waals surface area (Å²) in [6.45, 7) is 36.1. The maximum absolute atomic E-state index is 14.0. The number of aromatic amines is 2. The van der Waals surface area contributed by atoms with Gasteiger partial charge in [0, 0.05) is 83.3 Å². The summed E-state index contributed by atoms with van der Waals surface area (Å²) in [6.07, 6.45) is 14.6. The van der Waals surface area contributed by atoms with Crippen LogP contribution in [0, 0.1) is 27.7 Å². The minimum atomic E-state index is -0.580. The molecule has 12 rings (SSSR count). The minimum absolute atomic E-state index is 0.301. The maximum Gasteiger partial charge on any atom is 0.233 e. The lowest BCUT2D eigenvalue weighted by Gasteiger charge is -2.40. The van der Waals surface area contributed by atoms with Crippen molar-refractivity contribution in [2.45, 2.75) is 219 Å². The summed E-state index contributed by atoms with van der Waals surface area (Å²) in [7, 11) is 0. The number of H-pyrrole nitrogens is 2. The second-order valence-electron chi connectivity index (χ2n) is 28.2. The molecule has 10 heterocycles. The third-order valence-electron chi connectivity index (χ3n) is 21.1. The number of amides is 2. The molecule has 0 aliphatic carbocycles. The first-order chi connectivity index (χ1) is 41.5. The number of piperidine rings is 2. The zero-order valence-corrected chi connectivity index (χ0v) is 57.3. The first-order valence-electron chi connectivity index (χ1n) is 33.5. The molecule has 0 spiro atoms. The molecule has 87 heavy (non-hydrogen) atoms. The topological polar surface area (TPSA) is 134 Å². The summed E-state index contributed by atoms with van der Waals surface area (Å²) in [5.41, 5.74) is 10.5. The van der Waals surface area contributed by atoms with Gasteiger partial charge in [0.25, 0.3) is 0 Å². The van der Waals surface area contributed by atoms with Crippen molar-refractivity contribution in [3.8, 4) is 22.5 Å². The van der Waals surface area contributed by atoms with E-state index in [0.29, 0.717) is 41.9 Å². The molecule has 6 aliphatic heterocycles. The highest BCUT2D eigenvalue weighted by atomic mass is 35.5. The second kappa shape index (κ2) is 27.4. The van der Waals surface area contributed by atoms with Crippen LogP contribution in [0.5, 0.6) is 0 Å². The Morgan fingerprint density at radius 1 is 0.563 bits per heavy atom. The Labute approximate surface area is 534 Å². The second-order valence-corrected chi connectivity index (χ2v) is 30.7. The van der Waals surface area contributed by atoms with E-state index in [2.05, 4.69) is 171 Å². The normalized spacial score (nSPS) is 21.8.